The highest BCUT2D eigenvalue weighted by Gasteiger charge is 2.29. The van der Waals surface area contributed by atoms with E-state index in [0.717, 1.165) is 0 Å². The van der Waals surface area contributed by atoms with E-state index in [2.05, 4.69) is 21.4 Å². The lowest BCUT2D eigenvalue weighted by Crippen LogP contribution is -2.46. The molecule has 0 rings (SSSR count). The Balaban J connectivity index is 4.67. The van der Waals surface area contributed by atoms with Crippen LogP contribution in [0.1, 0.15) is 13.3 Å². The fourth-order valence-electron chi connectivity index (χ4n) is 1.41. The molecule has 0 aromatic rings. The van der Waals surface area contributed by atoms with Gasteiger partial charge in [-0.15, -0.1) is 6.58 Å². The van der Waals surface area contributed by atoms with E-state index < -0.39 is 30.0 Å². The van der Waals surface area contributed by atoms with Crippen molar-refractivity contribution in [3.8, 4) is 0 Å². The van der Waals surface area contributed by atoms with Crippen molar-refractivity contribution in [1.82, 2.24) is 5.32 Å². The number of alkyl carbamates (subject to hydrolysis) is 1. The maximum atomic E-state index is 11.6. The van der Waals surface area contributed by atoms with Crippen molar-refractivity contribution < 1.29 is 28.6 Å². The lowest BCUT2D eigenvalue weighted by molar-refractivity contribution is -0.144. The van der Waals surface area contributed by atoms with Gasteiger partial charge < -0.3 is 19.5 Å². The predicted molar refractivity (Wildman–Crippen MR) is 66.3 cm³/mol. The van der Waals surface area contributed by atoms with Gasteiger partial charge in [-0.1, -0.05) is 6.08 Å². The Labute approximate surface area is 111 Å². The molecule has 0 aliphatic heterocycles. The molecule has 0 aliphatic carbocycles. The van der Waals surface area contributed by atoms with E-state index in [1.807, 2.05) is 0 Å². The molecule has 2 atom stereocenters. The molecule has 0 aromatic carbocycles. The van der Waals surface area contributed by atoms with E-state index in [-0.39, 0.29) is 6.61 Å². The average Bonchev–Trinajstić information content (AvgIpc) is 2.40. The fourth-order valence-corrected chi connectivity index (χ4v) is 1.41. The lowest BCUT2D eigenvalue weighted by Gasteiger charge is -2.22. The SMILES string of the molecule is C=CC(CCOC(C)=O)C(NC(=O)OC)C(=O)OC. The van der Waals surface area contributed by atoms with Crippen LogP contribution >= 0.6 is 0 Å². The van der Waals surface area contributed by atoms with E-state index in [0.29, 0.717) is 6.42 Å². The molecule has 0 radical (unpaired) electrons. The van der Waals surface area contributed by atoms with Gasteiger partial charge in [-0.05, 0) is 6.42 Å². The number of carbonyl (C=O) groups excluding carboxylic acids is 3. The lowest BCUT2D eigenvalue weighted by atomic mass is 9.96. The number of hydrogen-bond acceptors (Lipinski definition) is 6. The molecule has 0 heterocycles. The Morgan fingerprint density at radius 2 is 1.89 bits per heavy atom. The van der Waals surface area contributed by atoms with Crippen LogP contribution in [0, 0.1) is 5.92 Å². The van der Waals surface area contributed by atoms with Crippen LogP contribution in [0.3, 0.4) is 0 Å². The van der Waals surface area contributed by atoms with Gasteiger partial charge >= 0.3 is 18.0 Å². The number of ether oxygens (including phenoxy) is 3. The summed E-state index contributed by atoms with van der Waals surface area (Å²) in [7, 11) is 2.39. The van der Waals surface area contributed by atoms with Crippen molar-refractivity contribution in [2.24, 2.45) is 5.92 Å². The third-order valence-electron chi connectivity index (χ3n) is 2.40. The molecule has 0 aliphatic rings. The normalized spacial score (nSPS) is 12.8. The molecule has 0 aromatic heterocycles. The summed E-state index contributed by atoms with van der Waals surface area (Å²) in [6.07, 6.45) is 1.06. The molecule has 0 saturated heterocycles. The molecule has 0 spiro atoms. The van der Waals surface area contributed by atoms with E-state index in [1.165, 1.54) is 27.2 Å². The van der Waals surface area contributed by atoms with Crippen molar-refractivity contribution >= 4 is 18.0 Å². The minimum Gasteiger partial charge on any atom is -0.467 e. The number of methoxy groups -OCH3 is 2. The Morgan fingerprint density at radius 3 is 2.32 bits per heavy atom. The number of rotatable bonds is 7. The quantitative estimate of drug-likeness (QED) is 0.416. The smallest absolute Gasteiger partial charge is 0.407 e. The van der Waals surface area contributed by atoms with Gasteiger partial charge in [0.05, 0.1) is 20.8 Å². The number of esters is 2. The van der Waals surface area contributed by atoms with E-state index in [1.54, 1.807) is 0 Å². The fraction of sp³-hybridized carbons (Fsp3) is 0.583. The Bertz CT molecular complexity index is 341. The van der Waals surface area contributed by atoms with Crippen LogP contribution in [-0.4, -0.2) is 44.9 Å². The van der Waals surface area contributed by atoms with Gasteiger partial charge in [0, 0.05) is 12.8 Å². The zero-order chi connectivity index (χ0) is 14.8. The topological polar surface area (TPSA) is 90.9 Å². The monoisotopic (exact) mass is 273 g/mol. The molecule has 108 valence electrons. The molecule has 0 fully saturated rings. The van der Waals surface area contributed by atoms with E-state index in [9.17, 15) is 14.4 Å². The second-order valence-corrected chi connectivity index (χ2v) is 3.67. The first-order valence-corrected chi connectivity index (χ1v) is 5.64. The first-order chi connectivity index (χ1) is 8.96. The Kier molecular flexibility index (Phi) is 7.99. The Morgan fingerprint density at radius 1 is 1.26 bits per heavy atom. The average molecular weight is 273 g/mol. The van der Waals surface area contributed by atoms with Gasteiger partial charge in [0.25, 0.3) is 0 Å². The standard InChI is InChI=1S/C12H19NO6/c1-5-9(6-7-19-8(2)14)10(11(15)17-3)13-12(16)18-4/h5,9-10H,1,6-7H2,2-4H3,(H,13,16). The Hall–Kier alpha value is -2.05. The molecule has 0 bridgehead atoms. The maximum absolute atomic E-state index is 11.6. The second-order valence-electron chi connectivity index (χ2n) is 3.67. The zero-order valence-electron chi connectivity index (χ0n) is 11.3. The van der Waals surface area contributed by atoms with Gasteiger partial charge in [0.15, 0.2) is 0 Å². The molecule has 19 heavy (non-hydrogen) atoms. The molecule has 1 amide bonds. The molecule has 7 nitrogen and oxygen atoms in total. The van der Waals surface area contributed by atoms with Gasteiger partial charge in [-0.2, -0.15) is 0 Å². The van der Waals surface area contributed by atoms with Crippen LogP contribution in [0.4, 0.5) is 4.79 Å². The van der Waals surface area contributed by atoms with Crippen LogP contribution in [-0.2, 0) is 23.8 Å². The second kappa shape index (κ2) is 8.96. The number of amides is 1. The van der Waals surface area contributed by atoms with Crippen LogP contribution in [0.5, 0.6) is 0 Å². The van der Waals surface area contributed by atoms with Gasteiger partial charge in [0.2, 0.25) is 0 Å². The largest absolute Gasteiger partial charge is 0.467 e. The highest BCUT2D eigenvalue weighted by atomic mass is 16.5. The minimum atomic E-state index is -0.939. The predicted octanol–water partition coefficient (Wildman–Crippen LogP) is 0.639. The summed E-state index contributed by atoms with van der Waals surface area (Å²) in [6.45, 7) is 4.99. The summed E-state index contributed by atoms with van der Waals surface area (Å²) in [5.74, 6) is -1.48. The summed E-state index contributed by atoms with van der Waals surface area (Å²) in [6, 6.07) is -0.939. The third-order valence-corrected chi connectivity index (χ3v) is 2.40. The summed E-state index contributed by atoms with van der Waals surface area (Å²) in [5, 5.41) is 2.36. The van der Waals surface area contributed by atoms with Gasteiger partial charge in [-0.25, -0.2) is 9.59 Å². The van der Waals surface area contributed by atoms with Crippen molar-refractivity contribution in [2.45, 2.75) is 19.4 Å². The van der Waals surface area contributed by atoms with Crippen LogP contribution < -0.4 is 5.32 Å². The van der Waals surface area contributed by atoms with E-state index in [4.69, 9.17) is 4.74 Å². The van der Waals surface area contributed by atoms with Crippen LogP contribution in [0.25, 0.3) is 0 Å². The molecule has 1 N–H and O–H groups in total. The molecule has 2 unspecified atom stereocenters. The van der Waals surface area contributed by atoms with Crippen molar-refractivity contribution in [2.75, 3.05) is 20.8 Å². The first kappa shape index (κ1) is 16.9. The van der Waals surface area contributed by atoms with E-state index >= 15 is 0 Å². The summed E-state index contributed by atoms with van der Waals surface area (Å²) < 4.78 is 13.8. The first-order valence-electron chi connectivity index (χ1n) is 5.64. The van der Waals surface area contributed by atoms with Crippen molar-refractivity contribution in [3.63, 3.8) is 0 Å². The summed E-state index contributed by atoms with van der Waals surface area (Å²) >= 11 is 0. The zero-order valence-corrected chi connectivity index (χ0v) is 11.3. The maximum Gasteiger partial charge on any atom is 0.407 e. The molecular weight excluding hydrogens is 254 g/mol. The van der Waals surface area contributed by atoms with Crippen molar-refractivity contribution in [1.29, 1.82) is 0 Å². The highest BCUT2D eigenvalue weighted by molar-refractivity contribution is 5.81. The molecule has 0 saturated carbocycles. The number of hydrogen-bond donors (Lipinski definition) is 1. The summed E-state index contributed by atoms with van der Waals surface area (Å²) in [4.78, 5) is 33.5. The van der Waals surface area contributed by atoms with Crippen molar-refractivity contribution in [3.05, 3.63) is 12.7 Å². The van der Waals surface area contributed by atoms with Crippen LogP contribution in [0.2, 0.25) is 0 Å². The van der Waals surface area contributed by atoms with Gasteiger partial charge in [0.1, 0.15) is 6.04 Å². The summed E-state index contributed by atoms with van der Waals surface area (Å²) in [5.41, 5.74) is 0. The third kappa shape index (κ3) is 6.44. The molecule has 7 heteroatoms. The van der Waals surface area contributed by atoms with Gasteiger partial charge in [-0.3, -0.25) is 4.79 Å². The number of nitrogens with one attached hydrogen (secondary N) is 1. The highest BCUT2D eigenvalue weighted by Crippen LogP contribution is 2.13. The van der Waals surface area contributed by atoms with Crippen LogP contribution in [0.15, 0.2) is 12.7 Å². The minimum absolute atomic E-state index is 0.113. The number of carbonyl (C=O) groups is 3. The molecular formula is C12H19NO6.